The summed E-state index contributed by atoms with van der Waals surface area (Å²) in [5.41, 5.74) is 4.07. The maximum atomic E-state index is 13.5. The summed E-state index contributed by atoms with van der Waals surface area (Å²) in [5.74, 6) is 0.722. The minimum atomic E-state index is -0.0451. The van der Waals surface area contributed by atoms with Gasteiger partial charge in [0.2, 0.25) is 0 Å². The number of ether oxygens (including phenoxy) is 1. The van der Waals surface area contributed by atoms with Crippen LogP contribution in [0.2, 0.25) is 0 Å². The van der Waals surface area contributed by atoms with Crippen LogP contribution in [0.5, 0.6) is 5.75 Å². The summed E-state index contributed by atoms with van der Waals surface area (Å²) in [6.07, 6.45) is 1.90. The predicted octanol–water partition coefficient (Wildman–Crippen LogP) is 6.03. The van der Waals surface area contributed by atoms with Gasteiger partial charge in [0, 0.05) is 42.0 Å². The van der Waals surface area contributed by atoms with E-state index in [1.54, 1.807) is 18.9 Å². The second-order valence-electron chi connectivity index (χ2n) is 9.17. The quantitative estimate of drug-likeness (QED) is 0.336. The van der Waals surface area contributed by atoms with Gasteiger partial charge in [0.05, 0.1) is 17.5 Å². The van der Waals surface area contributed by atoms with Crippen LogP contribution in [0.15, 0.2) is 82.6 Å². The molecule has 1 saturated heterocycles. The number of aromatic nitrogens is 1. The van der Waals surface area contributed by atoms with Crippen LogP contribution in [0.4, 0.5) is 0 Å². The van der Waals surface area contributed by atoms with Gasteiger partial charge in [-0.25, -0.2) is 0 Å². The van der Waals surface area contributed by atoms with Crippen molar-refractivity contribution in [3.8, 4) is 5.75 Å². The van der Waals surface area contributed by atoms with Gasteiger partial charge in [-0.2, -0.15) is 0 Å². The lowest BCUT2D eigenvalue weighted by Gasteiger charge is -2.32. The molecule has 1 amide bonds. The fourth-order valence-corrected chi connectivity index (χ4v) is 5.64. The van der Waals surface area contributed by atoms with E-state index in [9.17, 15) is 4.79 Å². The third kappa shape index (κ3) is 5.55. The van der Waals surface area contributed by atoms with E-state index >= 15 is 0 Å². The number of carbonyl (C=O) groups is 1. The number of nitrogens with zero attached hydrogens (tertiary/aromatic N) is 1. The lowest BCUT2D eigenvalue weighted by molar-refractivity contribution is 0.0901. The largest absolute Gasteiger partial charge is 0.497 e. The molecule has 4 aromatic rings. The van der Waals surface area contributed by atoms with Crippen molar-refractivity contribution in [3.63, 3.8) is 0 Å². The average molecular weight is 486 g/mol. The summed E-state index contributed by atoms with van der Waals surface area (Å²) < 4.78 is 5.41. The van der Waals surface area contributed by atoms with E-state index in [4.69, 9.17) is 4.74 Å². The molecule has 0 spiro atoms. The number of aryl methyl sites for hydroxylation is 1. The van der Waals surface area contributed by atoms with Gasteiger partial charge >= 0.3 is 0 Å². The van der Waals surface area contributed by atoms with Gasteiger partial charge < -0.3 is 15.0 Å². The molecule has 2 N–H and O–H groups in total. The van der Waals surface area contributed by atoms with Crippen molar-refractivity contribution in [1.29, 1.82) is 0 Å². The molecule has 6 heteroatoms. The fourth-order valence-electron chi connectivity index (χ4n) is 4.60. The molecule has 3 aromatic carbocycles. The van der Waals surface area contributed by atoms with E-state index < -0.39 is 0 Å². The topological polar surface area (TPSA) is 57.4 Å². The number of H-pyrrole nitrogens is 1. The van der Waals surface area contributed by atoms with Crippen LogP contribution in [0.3, 0.4) is 0 Å². The summed E-state index contributed by atoms with van der Waals surface area (Å²) in [5, 5.41) is 4.33. The Kier molecular flexibility index (Phi) is 7.11. The Morgan fingerprint density at radius 2 is 1.80 bits per heavy atom. The summed E-state index contributed by atoms with van der Waals surface area (Å²) >= 11 is 1.62. The number of benzene rings is 3. The molecule has 180 valence electrons. The van der Waals surface area contributed by atoms with Crippen LogP contribution in [0.25, 0.3) is 10.9 Å². The molecule has 0 bridgehead atoms. The van der Waals surface area contributed by atoms with E-state index in [-0.39, 0.29) is 11.9 Å². The van der Waals surface area contributed by atoms with Gasteiger partial charge in [0.25, 0.3) is 5.91 Å². The number of nitrogens with one attached hydrogen (secondary N) is 2. The second kappa shape index (κ2) is 10.6. The van der Waals surface area contributed by atoms with Gasteiger partial charge in [-0.3, -0.25) is 9.69 Å². The van der Waals surface area contributed by atoms with Crippen molar-refractivity contribution < 1.29 is 9.53 Å². The first-order chi connectivity index (χ1) is 17.1. The van der Waals surface area contributed by atoms with Crippen LogP contribution in [0, 0.1) is 6.92 Å². The molecule has 1 aliphatic rings. The van der Waals surface area contributed by atoms with Crippen molar-refractivity contribution in [3.05, 3.63) is 89.6 Å². The number of hydrogen-bond acceptors (Lipinski definition) is 4. The molecule has 0 aliphatic carbocycles. The number of piperidine rings is 1. The molecule has 1 fully saturated rings. The van der Waals surface area contributed by atoms with E-state index in [1.165, 1.54) is 11.1 Å². The molecule has 0 unspecified atom stereocenters. The Labute approximate surface area is 210 Å². The van der Waals surface area contributed by atoms with Gasteiger partial charge in [0.1, 0.15) is 11.4 Å². The first-order valence-corrected chi connectivity index (χ1v) is 12.9. The number of aromatic amines is 1. The maximum Gasteiger partial charge on any atom is 0.269 e. The smallest absolute Gasteiger partial charge is 0.269 e. The van der Waals surface area contributed by atoms with Gasteiger partial charge in [-0.1, -0.05) is 59.8 Å². The lowest BCUT2D eigenvalue weighted by Crippen LogP contribution is -2.44. The highest BCUT2D eigenvalue weighted by atomic mass is 32.2. The number of fused-ring (bicyclic) bond motifs is 1. The minimum absolute atomic E-state index is 0.0451. The second-order valence-corrected chi connectivity index (χ2v) is 10.2. The van der Waals surface area contributed by atoms with E-state index in [2.05, 4.69) is 76.7 Å². The van der Waals surface area contributed by atoms with E-state index in [0.717, 1.165) is 58.9 Å². The monoisotopic (exact) mass is 485 g/mol. The lowest BCUT2D eigenvalue weighted by atomic mass is 10.0. The van der Waals surface area contributed by atoms with E-state index in [0.29, 0.717) is 5.69 Å². The molecule has 35 heavy (non-hydrogen) atoms. The zero-order valence-corrected chi connectivity index (χ0v) is 21.0. The Morgan fingerprint density at radius 1 is 1.06 bits per heavy atom. The fraction of sp³-hybridized carbons (Fsp3) is 0.276. The normalized spacial score (nSPS) is 14.8. The maximum absolute atomic E-state index is 13.5. The number of carbonyl (C=O) groups excluding carboxylic acids is 1. The number of amides is 1. The van der Waals surface area contributed by atoms with Crippen molar-refractivity contribution >= 4 is 28.6 Å². The Hall–Kier alpha value is -3.22. The van der Waals surface area contributed by atoms with Crippen LogP contribution in [-0.4, -0.2) is 42.0 Å². The highest BCUT2D eigenvalue weighted by Gasteiger charge is 2.25. The summed E-state index contributed by atoms with van der Waals surface area (Å²) in [4.78, 5) is 21.4. The van der Waals surface area contributed by atoms with Crippen molar-refractivity contribution in [1.82, 2.24) is 15.2 Å². The average Bonchev–Trinajstić information content (AvgIpc) is 3.24. The molecule has 2 heterocycles. The first-order valence-electron chi connectivity index (χ1n) is 12.1. The zero-order chi connectivity index (χ0) is 24.2. The molecule has 0 saturated carbocycles. The summed E-state index contributed by atoms with van der Waals surface area (Å²) in [6.45, 7) is 5.00. The van der Waals surface area contributed by atoms with Crippen molar-refractivity contribution in [2.45, 2.75) is 42.1 Å². The van der Waals surface area contributed by atoms with Gasteiger partial charge in [-0.05, 0) is 49.6 Å². The Balaban J connectivity index is 1.31. The predicted molar refractivity (Wildman–Crippen MR) is 142 cm³/mol. The highest BCUT2D eigenvalue weighted by molar-refractivity contribution is 7.99. The number of hydrogen-bond donors (Lipinski definition) is 2. The molecular formula is C29H31N3O2S. The van der Waals surface area contributed by atoms with E-state index in [1.807, 2.05) is 18.2 Å². The van der Waals surface area contributed by atoms with Crippen LogP contribution in [-0.2, 0) is 6.54 Å². The van der Waals surface area contributed by atoms with Crippen molar-refractivity contribution in [2.24, 2.45) is 0 Å². The first kappa shape index (κ1) is 23.5. The molecule has 0 atom stereocenters. The number of methoxy groups -OCH3 is 1. The van der Waals surface area contributed by atoms with Gasteiger partial charge in [0.15, 0.2) is 0 Å². The third-order valence-electron chi connectivity index (χ3n) is 6.60. The molecular weight excluding hydrogens is 454 g/mol. The highest BCUT2D eigenvalue weighted by Crippen LogP contribution is 2.38. The summed E-state index contributed by atoms with van der Waals surface area (Å²) in [6, 6.07) is 25.1. The third-order valence-corrected chi connectivity index (χ3v) is 7.73. The van der Waals surface area contributed by atoms with Crippen LogP contribution < -0.4 is 10.1 Å². The molecule has 5 rings (SSSR count). The Bertz CT molecular complexity index is 1290. The Morgan fingerprint density at radius 3 is 2.51 bits per heavy atom. The minimum Gasteiger partial charge on any atom is -0.497 e. The molecule has 1 aromatic heterocycles. The van der Waals surface area contributed by atoms with Crippen LogP contribution >= 0.6 is 11.8 Å². The number of likely N-dealkylation sites (tertiary alicyclic amines) is 1. The number of rotatable bonds is 7. The molecule has 1 aliphatic heterocycles. The van der Waals surface area contributed by atoms with Gasteiger partial charge in [-0.15, -0.1) is 0 Å². The van der Waals surface area contributed by atoms with Crippen molar-refractivity contribution in [2.75, 3.05) is 20.2 Å². The molecule has 0 radical (unpaired) electrons. The summed E-state index contributed by atoms with van der Waals surface area (Å²) in [7, 11) is 1.66. The molecule has 5 nitrogen and oxygen atoms in total. The standard InChI is InChI=1S/C29H31N3O2S/c1-20-8-11-24(12-9-20)35-28-25-13-10-23(34-2)18-26(25)31-27(28)29(33)30-22-14-16-32(17-15-22)19-21-6-4-3-5-7-21/h3-13,18,22,31H,14-17,19H2,1-2H3,(H,30,33). The van der Waals surface area contributed by atoms with Crippen LogP contribution in [0.1, 0.15) is 34.5 Å². The SMILES string of the molecule is COc1ccc2c(Sc3ccc(C)cc3)c(C(=O)NC3CCN(Cc4ccccc4)CC3)[nH]c2c1. The zero-order valence-electron chi connectivity index (χ0n) is 20.2.